The summed E-state index contributed by atoms with van der Waals surface area (Å²) in [6.07, 6.45) is -0.804. The SMILES string of the molecule is O=C([O-])CCC(=O)N1C(=O)CCC1=O. The molecule has 0 aromatic carbocycles. The van der Waals surface area contributed by atoms with Gasteiger partial charge in [0.15, 0.2) is 0 Å². The van der Waals surface area contributed by atoms with E-state index in [2.05, 4.69) is 0 Å². The maximum absolute atomic E-state index is 11.2. The van der Waals surface area contributed by atoms with E-state index in [1.54, 1.807) is 0 Å². The number of carboxylic acid groups (broad SMARTS) is 1. The average molecular weight is 198 g/mol. The molecule has 0 aliphatic carbocycles. The first-order valence-corrected chi connectivity index (χ1v) is 4.11. The fraction of sp³-hybridized carbons (Fsp3) is 0.500. The van der Waals surface area contributed by atoms with Gasteiger partial charge in [0.25, 0.3) is 0 Å². The number of rotatable bonds is 3. The number of amides is 3. The maximum Gasteiger partial charge on any atom is 0.236 e. The van der Waals surface area contributed by atoms with Crippen LogP contribution in [0.25, 0.3) is 0 Å². The molecule has 0 spiro atoms. The van der Waals surface area contributed by atoms with E-state index in [4.69, 9.17) is 0 Å². The van der Waals surface area contributed by atoms with Gasteiger partial charge in [-0.2, -0.15) is 0 Å². The second kappa shape index (κ2) is 3.99. The van der Waals surface area contributed by atoms with Crippen molar-refractivity contribution in [3.05, 3.63) is 0 Å². The summed E-state index contributed by atoms with van der Waals surface area (Å²) in [5, 5.41) is 10.0. The lowest BCUT2D eigenvalue weighted by Crippen LogP contribution is -2.36. The molecule has 0 radical (unpaired) electrons. The van der Waals surface area contributed by atoms with Crippen LogP contribution in [0.2, 0.25) is 0 Å². The number of likely N-dealkylation sites (tertiary alicyclic amines) is 1. The Labute approximate surface area is 79.5 Å². The number of hydrogen-bond acceptors (Lipinski definition) is 5. The summed E-state index contributed by atoms with van der Waals surface area (Å²) < 4.78 is 0. The lowest BCUT2D eigenvalue weighted by atomic mass is 10.3. The number of nitrogens with zero attached hydrogens (tertiary/aromatic N) is 1. The summed E-state index contributed by atoms with van der Waals surface area (Å²) in [5.74, 6) is -3.25. The van der Waals surface area contributed by atoms with E-state index in [1.165, 1.54) is 0 Å². The Kier molecular flexibility index (Phi) is 2.95. The molecule has 1 fully saturated rings. The predicted molar refractivity (Wildman–Crippen MR) is 40.3 cm³/mol. The van der Waals surface area contributed by atoms with E-state index in [-0.39, 0.29) is 19.3 Å². The lowest BCUT2D eigenvalue weighted by molar-refractivity contribution is -0.305. The first-order valence-electron chi connectivity index (χ1n) is 4.11. The van der Waals surface area contributed by atoms with Crippen LogP contribution in [0.5, 0.6) is 0 Å². The normalized spacial score (nSPS) is 16.1. The summed E-state index contributed by atoms with van der Waals surface area (Å²) in [4.78, 5) is 43.7. The molecule has 76 valence electrons. The van der Waals surface area contributed by atoms with E-state index < -0.39 is 30.1 Å². The van der Waals surface area contributed by atoms with E-state index in [0.29, 0.717) is 4.90 Å². The molecule has 0 bridgehead atoms. The number of aliphatic carboxylic acids is 1. The minimum absolute atomic E-state index is 0.0237. The van der Waals surface area contributed by atoms with Crippen LogP contribution in [0, 0.1) is 0 Å². The van der Waals surface area contributed by atoms with Gasteiger partial charge in [-0.05, 0) is 6.42 Å². The molecule has 6 heteroatoms. The fourth-order valence-electron chi connectivity index (χ4n) is 1.18. The van der Waals surface area contributed by atoms with Crippen molar-refractivity contribution in [1.82, 2.24) is 4.90 Å². The molecule has 14 heavy (non-hydrogen) atoms. The molecule has 0 saturated carbocycles. The number of hydrogen-bond donors (Lipinski definition) is 0. The number of carbonyl (C=O) groups is 4. The monoisotopic (exact) mass is 198 g/mol. The third kappa shape index (κ3) is 2.15. The quantitative estimate of drug-likeness (QED) is 0.498. The highest BCUT2D eigenvalue weighted by Crippen LogP contribution is 2.13. The maximum atomic E-state index is 11.2. The highest BCUT2D eigenvalue weighted by atomic mass is 16.4. The fourth-order valence-corrected chi connectivity index (χ4v) is 1.18. The molecule has 0 N–H and O–H groups in total. The number of imide groups is 3. The molecule has 0 aromatic heterocycles. The third-order valence-electron chi connectivity index (χ3n) is 1.84. The van der Waals surface area contributed by atoms with E-state index >= 15 is 0 Å². The summed E-state index contributed by atoms with van der Waals surface area (Å²) in [7, 11) is 0. The number of carboxylic acids is 1. The van der Waals surface area contributed by atoms with Gasteiger partial charge in [0.05, 0.1) is 0 Å². The molecule has 1 aliphatic rings. The van der Waals surface area contributed by atoms with Crippen molar-refractivity contribution in [3.8, 4) is 0 Å². The zero-order valence-corrected chi connectivity index (χ0v) is 7.32. The van der Waals surface area contributed by atoms with Crippen molar-refractivity contribution in [2.45, 2.75) is 25.7 Å². The topological polar surface area (TPSA) is 94.6 Å². The van der Waals surface area contributed by atoms with Gasteiger partial charge in [-0.15, -0.1) is 0 Å². The Balaban J connectivity index is 2.55. The van der Waals surface area contributed by atoms with Crippen LogP contribution in [-0.2, 0) is 19.2 Å². The van der Waals surface area contributed by atoms with Crippen molar-refractivity contribution in [1.29, 1.82) is 0 Å². The average Bonchev–Trinajstić information content (AvgIpc) is 2.42. The summed E-state index contributed by atoms with van der Waals surface area (Å²) >= 11 is 0. The summed E-state index contributed by atoms with van der Waals surface area (Å²) in [6, 6.07) is 0. The van der Waals surface area contributed by atoms with Crippen molar-refractivity contribution >= 4 is 23.7 Å². The minimum atomic E-state index is -1.38. The standard InChI is InChI=1S/C8H9NO5/c10-5-1-2-6(11)9(5)7(12)3-4-8(13)14/h1-4H2,(H,13,14)/p-1. The van der Waals surface area contributed by atoms with Crippen molar-refractivity contribution in [3.63, 3.8) is 0 Å². The Hall–Kier alpha value is -1.72. The second-order valence-corrected chi connectivity index (χ2v) is 2.89. The molecule has 1 saturated heterocycles. The Morgan fingerprint density at radius 3 is 2.07 bits per heavy atom. The first-order chi connectivity index (χ1) is 6.52. The van der Waals surface area contributed by atoms with E-state index in [9.17, 15) is 24.3 Å². The van der Waals surface area contributed by atoms with Gasteiger partial charge in [-0.1, -0.05) is 0 Å². The molecule has 0 aromatic rings. The zero-order valence-electron chi connectivity index (χ0n) is 7.32. The van der Waals surface area contributed by atoms with Crippen LogP contribution < -0.4 is 5.11 Å². The lowest BCUT2D eigenvalue weighted by Gasteiger charge is -2.11. The van der Waals surface area contributed by atoms with Gasteiger partial charge in [-0.25, -0.2) is 4.90 Å². The van der Waals surface area contributed by atoms with E-state index in [1.807, 2.05) is 0 Å². The van der Waals surface area contributed by atoms with Crippen LogP contribution in [0.15, 0.2) is 0 Å². The summed E-state index contributed by atoms with van der Waals surface area (Å²) in [6.45, 7) is 0. The largest absolute Gasteiger partial charge is 0.550 e. The van der Waals surface area contributed by atoms with Crippen molar-refractivity contribution < 1.29 is 24.3 Å². The molecule has 1 rings (SSSR count). The van der Waals surface area contributed by atoms with Gasteiger partial charge < -0.3 is 9.90 Å². The Morgan fingerprint density at radius 2 is 1.64 bits per heavy atom. The highest BCUT2D eigenvalue weighted by Gasteiger charge is 2.33. The predicted octanol–water partition coefficient (Wildman–Crippen LogP) is -1.81. The molecule has 6 nitrogen and oxygen atoms in total. The summed E-state index contributed by atoms with van der Waals surface area (Å²) in [5.41, 5.74) is 0. The van der Waals surface area contributed by atoms with Crippen LogP contribution in [0.4, 0.5) is 0 Å². The molecular formula is C8H8NO5-. The highest BCUT2D eigenvalue weighted by molar-refractivity contribution is 6.15. The second-order valence-electron chi connectivity index (χ2n) is 2.89. The smallest absolute Gasteiger partial charge is 0.236 e. The molecule has 1 aliphatic heterocycles. The van der Waals surface area contributed by atoms with Crippen molar-refractivity contribution in [2.75, 3.05) is 0 Å². The third-order valence-corrected chi connectivity index (χ3v) is 1.84. The van der Waals surface area contributed by atoms with Crippen molar-refractivity contribution in [2.24, 2.45) is 0 Å². The molecule has 3 amide bonds. The molecule has 0 atom stereocenters. The van der Waals surface area contributed by atoms with Gasteiger partial charge in [0, 0.05) is 25.2 Å². The number of carbonyl (C=O) groups excluding carboxylic acids is 4. The van der Waals surface area contributed by atoms with Crippen LogP contribution in [0.3, 0.4) is 0 Å². The molecule has 0 unspecified atom stereocenters. The Morgan fingerprint density at radius 1 is 1.14 bits per heavy atom. The van der Waals surface area contributed by atoms with Gasteiger partial charge >= 0.3 is 0 Å². The van der Waals surface area contributed by atoms with Gasteiger partial charge in [-0.3, -0.25) is 14.4 Å². The van der Waals surface area contributed by atoms with Crippen LogP contribution >= 0.6 is 0 Å². The van der Waals surface area contributed by atoms with Crippen LogP contribution in [-0.4, -0.2) is 28.6 Å². The first kappa shape index (κ1) is 10.4. The van der Waals surface area contributed by atoms with Gasteiger partial charge in [0.1, 0.15) is 0 Å². The molecular weight excluding hydrogens is 190 g/mol. The van der Waals surface area contributed by atoms with Crippen LogP contribution in [0.1, 0.15) is 25.7 Å². The van der Waals surface area contributed by atoms with Gasteiger partial charge in [0.2, 0.25) is 17.7 Å². The Bertz CT molecular complexity index is 293. The van der Waals surface area contributed by atoms with E-state index in [0.717, 1.165) is 0 Å². The molecule has 1 heterocycles. The zero-order chi connectivity index (χ0) is 10.7. The minimum Gasteiger partial charge on any atom is -0.550 e.